The van der Waals surface area contributed by atoms with Crippen LogP contribution in [0, 0.1) is 0 Å². The van der Waals surface area contributed by atoms with Crippen molar-refractivity contribution < 1.29 is 9.53 Å². The van der Waals surface area contributed by atoms with Gasteiger partial charge in [-0.25, -0.2) is 4.98 Å². The zero-order valence-electron chi connectivity index (χ0n) is 10.8. The molecule has 0 spiro atoms. The molecule has 20 heavy (non-hydrogen) atoms. The van der Waals surface area contributed by atoms with Gasteiger partial charge in [0.05, 0.1) is 17.3 Å². The van der Waals surface area contributed by atoms with Crippen molar-refractivity contribution in [3.05, 3.63) is 54.1 Å². The molecule has 1 heterocycles. The molecule has 2 aromatic carbocycles. The normalized spacial score (nSPS) is 10.4. The minimum Gasteiger partial charge on any atom is -0.497 e. The summed E-state index contributed by atoms with van der Waals surface area (Å²) in [5, 5.41) is 3.40. The average Bonchev–Trinajstić information content (AvgIpc) is 2.89. The van der Waals surface area contributed by atoms with Gasteiger partial charge in [-0.1, -0.05) is 29.5 Å². The van der Waals surface area contributed by atoms with Gasteiger partial charge in [0.2, 0.25) is 0 Å². The molecule has 5 heteroatoms. The second-order valence-electron chi connectivity index (χ2n) is 4.17. The van der Waals surface area contributed by atoms with Crippen LogP contribution in [0.25, 0.3) is 10.2 Å². The van der Waals surface area contributed by atoms with Crippen LogP contribution in [0.2, 0.25) is 0 Å². The Morgan fingerprint density at radius 1 is 1.20 bits per heavy atom. The average molecular weight is 284 g/mol. The minimum absolute atomic E-state index is 0.156. The summed E-state index contributed by atoms with van der Waals surface area (Å²) in [7, 11) is 1.63. The van der Waals surface area contributed by atoms with Crippen LogP contribution in [-0.4, -0.2) is 18.0 Å². The fourth-order valence-corrected chi connectivity index (χ4v) is 2.73. The van der Waals surface area contributed by atoms with E-state index in [1.807, 2.05) is 36.4 Å². The largest absolute Gasteiger partial charge is 0.497 e. The summed E-state index contributed by atoms with van der Waals surface area (Å²) in [6.45, 7) is 0. The van der Waals surface area contributed by atoms with E-state index in [4.69, 9.17) is 4.74 Å². The van der Waals surface area contributed by atoms with Gasteiger partial charge >= 0.3 is 0 Å². The Kier molecular flexibility index (Phi) is 3.35. The lowest BCUT2D eigenvalue weighted by Gasteiger charge is -2.00. The van der Waals surface area contributed by atoms with Crippen molar-refractivity contribution in [3.63, 3.8) is 0 Å². The number of methoxy groups -OCH3 is 1. The second kappa shape index (κ2) is 5.30. The molecule has 4 nitrogen and oxygen atoms in total. The molecule has 0 aliphatic carbocycles. The predicted molar refractivity (Wildman–Crippen MR) is 80.6 cm³/mol. The third-order valence-corrected chi connectivity index (χ3v) is 3.79. The van der Waals surface area contributed by atoms with Crippen molar-refractivity contribution in [1.29, 1.82) is 0 Å². The molecular formula is C15H12N2O2S. The van der Waals surface area contributed by atoms with Gasteiger partial charge < -0.3 is 4.74 Å². The van der Waals surface area contributed by atoms with Crippen LogP contribution >= 0.6 is 11.3 Å². The first-order chi connectivity index (χ1) is 9.76. The van der Waals surface area contributed by atoms with E-state index in [-0.39, 0.29) is 5.91 Å². The van der Waals surface area contributed by atoms with Gasteiger partial charge in [-0.05, 0) is 30.3 Å². The van der Waals surface area contributed by atoms with E-state index in [0.29, 0.717) is 10.7 Å². The molecule has 3 rings (SSSR count). The molecule has 0 saturated heterocycles. The van der Waals surface area contributed by atoms with Gasteiger partial charge in [0.1, 0.15) is 5.75 Å². The van der Waals surface area contributed by atoms with Crippen LogP contribution in [0.3, 0.4) is 0 Å². The van der Waals surface area contributed by atoms with Crippen molar-refractivity contribution in [3.8, 4) is 5.75 Å². The number of hydrogen-bond acceptors (Lipinski definition) is 4. The maximum atomic E-state index is 12.0. The maximum absolute atomic E-state index is 12.0. The molecule has 0 saturated carbocycles. The summed E-state index contributed by atoms with van der Waals surface area (Å²) < 4.78 is 6.15. The van der Waals surface area contributed by atoms with E-state index < -0.39 is 0 Å². The second-order valence-corrected chi connectivity index (χ2v) is 5.20. The highest BCUT2D eigenvalue weighted by Crippen LogP contribution is 2.29. The molecule has 0 aliphatic heterocycles. The van der Waals surface area contributed by atoms with E-state index >= 15 is 0 Å². The van der Waals surface area contributed by atoms with Crippen molar-refractivity contribution in [1.82, 2.24) is 4.98 Å². The molecule has 100 valence electrons. The van der Waals surface area contributed by atoms with E-state index in [1.165, 1.54) is 11.3 Å². The zero-order valence-corrected chi connectivity index (χ0v) is 11.6. The van der Waals surface area contributed by atoms with Crippen LogP contribution in [0.1, 0.15) is 10.4 Å². The Morgan fingerprint density at radius 3 is 2.75 bits per heavy atom. The first kappa shape index (κ1) is 12.6. The van der Waals surface area contributed by atoms with E-state index in [1.54, 1.807) is 19.2 Å². The SMILES string of the molecule is COc1ccc2nc(NC(=O)c3ccccc3)sc2c1. The Labute approximate surface area is 120 Å². The van der Waals surface area contributed by atoms with E-state index in [9.17, 15) is 4.79 Å². The molecule has 3 aromatic rings. The molecule has 0 radical (unpaired) electrons. The lowest BCUT2D eigenvalue weighted by molar-refractivity contribution is 0.102. The number of carbonyl (C=O) groups is 1. The standard InChI is InChI=1S/C15H12N2O2S/c1-19-11-7-8-12-13(9-11)20-15(16-12)17-14(18)10-5-3-2-4-6-10/h2-9H,1H3,(H,16,17,18). The molecule has 1 amide bonds. The molecule has 0 unspecified atom stereocenters. The van der Waals surface area contributed by atoms with Gasteiger partial charge in [0, 0.05) is 5.56 Å². The van der Waals surface area contributed by atoms with E-state index in [2.05, 4.69) is 10.3 Å². The number of nitrogens with zero attached hydrogens (tertiary/aromatic N) is 1. The molecule has 0 fully saturated rings. The lowest BCUT2D eigenvalue weighted by atomic mass is 10.2. The van der Waals surface area contributed by atoms with Crippen LogP contribution in [0.15, 0.2) is 48.5 Å². The number of amides is 1. The van der Waals surface area contributed by atoms with Gasteiger partial charge in [-0.3, -0.25) is 10.1 Å². The van der Waals surface area contributed by atoms with E-state index in [0.717, 1.165) is 16.0 Å². The monoisotopic (exact) mass is 284 g/mol. The number of rotatable bonds is 3. The molecule has 0 atom stereocenters. The summed E-state index contributed by atoms with van der Waals surface area (Å²) in [5.74, 6) is 0.624. The predicted octanol–water partition coefficient (Wildman–Crippen LogP) is 3.56. The number of fused-ring (bicyclic) bond motifs is 1. The number of thiazole rings is 1. The maximum Gasteiger partial charge on any atom is 0.257 e. The first-order valence-corrected chi connectivity index (χ1v) is 6.89. The van der Waals surface area contributed by atoms with Crippen LogP contribution in [0.5, 0.6) is 5.75 Å². The minimum atomic E-state index is -0.156. The van der Waals surface area contributed by atoms with Crippen molar-refractivity contribution in [2.75, 3.05) is 12.4 Å². The topological polar surface area (TPSA) is 51.2 Å². The number of benzene rings is 2. The fraction of sp³-hybridized carbons (Fsp3) is 0.0667. The number of anilines is 1. The van der Waals surface area contributed by atoms with Gasteiger partial charge in [-0.15, -0.1) is 0 Å². The highest BCUT2D eigenvalue weighted by atomic mass is 32.1. The summed E-state index contributed by atoms with van der Waals surface area (Å²) >= 11 is 1.43. The number of carbonyl (C=O) groups excluding carboxylic acids is 1. The van der Waals surface area contributed by atoms with Gasteiger partial charge in [0.15, 0.2) is 5.13 Å². The zero-order chi connectivity index (χ0) is 13.9. The lowest BCUT2D eigenvalue weighted by Crippen LogP contribution is -2.11. The first-order valence-electron chi connectivity index (χ1n) is 6.07. The number of hydrogen-bond donors (Lipinski definition) is 1. The summed E-state index contributed by atoms with van der Waals surface area (Å²) in [5.41, 5.74) is 1.46. The van der Waals surface area contributed by atoms with Crippen molar-refractivity contribution >= 4 is 32.6 Å². The quantitative estimate of drug-likeness (QED) is 0.800. The Morgan fingerprint density at radius 2 is 2.00 bits per heavy atom. The molecule has 0 bridgehead atoms. The highest BCUT2D eigenvalue weighted by molar-refractivity contribution is 7.22. The van der Waals surface area contributed by atoms with Crippen molar-refractivity contribution in [2.24, 2.45) is 0 Å². The fourth-order valence-electron chi connectivity index (χ4n) is 1.84. The highest BCUT2D eigenvalue weighted by Gasteiger charge is 2.09. The van der Waals surface area contributed by atoms with Crippen molar-refractivity contribution in [2.45, 2.75) is 0 Å². The van der Waals surface area contributed by atoms with Gasteiger partial charge in [0.25, 0.3) is 5.91 Å². The molecule has 0 aliphatic rings. The number of ether oxygens (including phenoxy) is 1. The van der Waals surface area contributed by atoms with Crippen LogP contribution < -0.4 is 10.1 Å². The van der Waals surface area contributed by atoms with Gasteiger partial charge in [-0.2, -0.15) is 0 Å². The number of aromatic nitrogens is 1. The summed E-state index contributed by atoms with van der Waals surface area (Å²) in [6.07, 6.45) is 0. The Balaban J connectivity index is 1.86. The number of nitrogens with one attached hydrogen (secondary N) is 1. The van der Waals surface area contributed by atoms with Crippen LogP contribution in [0.4, 0.5) is 5.13 Å². The summed E-state index contributed by atoms with van der Waals surface area (Å²) in [6, 6.07) is 14.7. The third kappa shape index (κ3) is 2.48. The summed E-state index contributed by atoms with van der Waals surface area (Å²) in [4.78, 5) is 16.4. The third-order valence-electron chi connectivity index (χ3n) is 2.85. The Hall–Kier alpha value is -2.40. The smallest absolute Gasteiger partial charge is 0.257 e. The molecule has 1 N–H and O–H groups in total. The molecular weight excluding hydrogens is 272 g/mol. The van der Waals surface area contributed by atoms with Crippen LogP contribution in [-0.2, 0) is 0 Å². The molecule has 1 aromatic heterocycles. The Bertz CT molecular complexity index is 753.